The van der Waals surface area contributed by atoms with Crippen LogP contribution in [0.15, 0.2) is 12.2 Å². The van der Waals surface area contributed by atoms with Crippen LogP contribution in [-0.2, 0) is 14.2 Å². The lowest BCUT2D eigenvalue weighted by atomic mass is 10.2. The lowest BCUT2D eigenvalue weighted by molar-refractivity contribution is -0.140. The van der Waals surface area contributed by atoms with Crippen molar-refractivity contribution < 1.29 is 19.3 Å². The van der Waals surface area contributed by atoms with Crippen LogP contribution in [0.2, 0.25) is 0 Å². The van der Waals surface area contributed by atoms with Gasteiger partial charge in [-0.15, -0.1) is 0 Å². The Morgan fingerprint density at radius 2 is 2.00 bits per heavy atom. The molecule has 0 saturated heterocycles. The van der Waals surface area contributed by atoms with Crippen molar-refractivity contribution in [2.45, 2.75) is 13.0 Å². The van der Waals surface area contributed by atoms with Gasteiger partial charge in [-0.1, -0.05) is 12.2 Å². The van der Waals surface area contributed by atoms with E-state index < -0.39 is 25.1 Å². The molecule has 0 aromatic carbocycles. The topological polar surface area (TPSA) is 83.5 Å². The Hall–Kier alpha value is -1.09. The van der Waals surface area contributed by atoms with Gasteiger partial charge in [0.1, 0.15) is 6.04 Å². The molecule has 1 amide bonds. The van der Waals surface area contributed by atoms with Crippen molar-refractivity contribution in [3.8, 4) is 0 Å². The van der Waals surface area contributed by atoms with Gasteiger partial charge in [-0.05, 0) is 13.3 Å². The summed E-state index contributed by atoms with van der Waals surface area (Å²) in [5.41, 5.74) is 0. The van der Waals surface area contributed by atoms with Gasteiger partial charge in [0, 0.05) is 13.1 Å². The molecule has 86 valence electrons. The molecular weight excluding hydrogens is 217 g/mol. The molecule has 0 heterocycles. The second kappa shape index (κ2) is 5.71. The lowest BCUT2D eigenvalue weighted by Crippen LogP contribution is -2.37. The van der Waals surface area contributed by atoms with Gasteiger partial charge in [0.15, 0.2) is 0 Å². The van der Waals surface area contributed by atoms with Crippen molar-refractivity contribution in [3.63, 3.8) is 0 Å². The summed E-state index contributed by atoms with van der Waals surface area (Å²) in [4.78, 5) is 21.3. The number of nitrogens with one attached hydrogen (secondary N) is 1. The van der Waals surface area contributed by atoms with Crippen molar-refractivity contribution in [2.24, 2.45) is 0 Å². The van der Waals surface area contributed by atoms with Crippen LogP contribution in [0.3, 0.4) is 0 Å². The molecule has 0 fully saturated rings. The molecule has 0 aliphatic heterocycles. The summed E-state index contributed by atoms with van der Waals surface area (Å²) >= 11 is 0. The van der Waals surface area contributed by atoms with Crippen molar-refractivity contribution >= 4 is 19.0 Å². The molecule has 2 N–H and O–H groups in total. The minimum absolute atomic E-state index is 0.330. The molecule has 0 aromatic rings. The number of allylic oxidation sites excluding steroid dienone is 1. The predicted molar refractivity (Wildman–Crippen MR) is 58.7 cm³/mol. The molecular formula is C9H16NO4P. The first-order chi connectivity index (χ1) is 6.72. The third kappa shape index (κ3) is 7.94. The van der Waals surface area contributed by atoms with Gasteiger partial charge in [-0.3, -0.25) is 4.79 Å². The maximum absolute atomic E-state index is 11.3. The number of hydrogen-bond acceptors (Lipinski definition) is 3. The molecule has 0 rings (SSSR count). The highest BCUT2D eigenvalue weighted by Crippen LogP contribution is 2.35. The number of carbonyl (C=O) groups excluding carboxylic acids is 1. The van der Waals surface area contributed by atoms with Crippen LogP contribution >= 0.6 is 7.14 Å². The van der Waals surface area contributed by atoms with Crippen LogP contribution in [0.25, 0.3) is 0 Å². The molecule has 0 aliphatic carbocycles. The monoisotopic (exact) mass is 233 g/mol. The highest BCUT2D eigenvalue weighted by Gasteiger charge is 2.14. The molecule has 0 aliphatic rings. The van der Waals surface area contributed by atoms with Crippen LogP contribution in [0, 0.1) is 0 Å². The Morgan fingerprint density at radius 3 is 2.33 bits per heavy atom. The second-order valence-electron chi connectivity index (χ2n) is 3.70. The van der Waals surface area contributed by atoms with E-state index >= 15 is 0 Å². The fraction of sp³-hybridized carbons (Fsp3) is 0.556. The largest absolute Gasteiger partial charge is 0.479 e. The van der Waals surface area contributed by atoms with Crippen molar-refractivity contribution in [1.82, 2.24) is 5.32 Å². The van der Waals surface area contributed by atoms with Gasteiger partial charge in [0.05, 0.1) is 7.14 Å². The number of rotatable bonds is 5. The van der Waals surface area contributed by atoms with Crippen LogP contribution in [-0.4, -0.2) is 42.5 Å². The summed E-state index contributed by atoms with van der Waals surface area (Å²) in [5.74, 6) is -1.55. The normalized spacial score (nSPS) is 13.8. The van der Waals surface area contributed by atoms with Crippen LogP contribution in [0.4, 0.5) is 0 Å². The summed E-state index contributed by atoms with van der Waals surface area (Å²) in [6.45, 7) is 4.48. The number of amides is 1. The Labute approximate surface area is 88.9 Å². The Bertz CT molecular complexity index is 318. The first-order valence-electron chi connectivity index (χ1n) is 4.43. The third-order valence-electron chi connectivity index (χ3n) is 1.50. The summed E-state index contributed by atoms with van der Waals surface area (Å²) < 4.78 is 11.3. The summed E-state index contributed by atoms with van der Waals surface area (Å²) in [7, 11) is -2.18. The molecule has 5 nitrogen and oxygen atoms in total. The van der Waals surface area contributed by atoms with E-state index in [1.165, 1.54) is 19.1 Å². The standard InChI is InChI=1S/C9H16NO4P/c1-7(11)10-8(9(12)13)5-4-6-15(2,3)14/h4-5,8H,6H2,1-3H3,(H,10,11)(H,12,13)/b5-4+. The second-order valence-corrected chi connectivity index (χ2v) is 7.21. The average Bonchev–Trinajstić information content (AvgIpc) is 1.99. The van der Waals surface area contributed by atoms with E-state index in [1.807, 2.05) is 0 Å². The van der Waals surface area contributed by atoms with E-state index in [2.05, 4.69) is 5.32 Å². The quantitative estimate of drug-likeness (QED) is 0.542. The smallest absolute Gasteiger partial charge is 0.330 e. The van der Waals surface area contributed by atoms with Crippen molar-refractivity contribution in [1.29, 1.82) is 0 Å². The van der Waals surface area contributed by atoms with Crippen LogP contribution in [0.1, 0.15) is 6.92 Å². The molecule has 1 unspecified atom stereocenters. The first-order valence-corrected chi connectivity index (χ1v) is 7.21. The van der Waals surface area contributed by atoms with E-state index in [0.29, 0.717) is 6.16 Å². The Morgan fingerprint density at radius 1 is 1.47 bits per heavy atom. The summed E-state index contributed by atoms with van der Waals surface area (Å²) in [6.07, 6.45) is 3.19. The van der Waals surface area contributed by atoms with Gasteiger partial charge >= 0.3 is 5.97 Å². The highest BCUT2D eigenvalue weighted by molar-refractivity contribution is 7.62. The van der Waals surface area contributed by atoms with E-state index in [1.54, 1.807) is 13.3 Å². The van der Waals surface area contributed by atoms with Gasteiger partial charge < -0.3 is 15.0 Å². The van der Waals surface area contributed by atoms with E-state index in [4.69, 9.17) is 5.11 Å². The molecule has 0 saturated carbocycles. The molecule has 6 heteroatoms. The molecule has 0 bridgehead atoms. The maximum atomic E-state index is 11.3. The van der Waals surface area contributed by atoms with Crippen LogP contribution in [0.5, 0.6) is 0 Å². The highest BCUT2D eigenvalue weighted by atomic mass is 31.2. The molecule has 15 heavy (non-hydrogen) atoms. The van der Waals surface area contributed by atoms with Gasteiger partial charge in [0.2, 0.25) is 5.91 Å². The van der Waals surface area contributed by atoms with Crippen molar-refractivity contribution in [2.75, 3.05) is 19.5 Å². The zero-order chi connectivity index (χ0) is 12.1. The van der Waals surface area contributed by atoms with Gasteiger partial charge in [-0.2, -0.15) is 0 Å². The number of hydrogen-bond donors (Lipinski definition) is 2. The zero-order valence-corrected chi connectivity index (χ0v) is 9.95. The fourth-order valence-electron chi connectivity index (χ4n) is 0.862. The average molecular weight is 233 g/mol. The molecule has 0 aromatic heterocycles. The van der Waals surface area contributed by atoms with Crippen LogP contribution < -0.4 is 5.32 Å². The number of carboxylic acid groups (broad SMARTS) is 1. The minimum Gasteiger partial charge on any atom is -0.479 e. The summed E-state index contributed by atoms with van der Waals surface area (Å²) in [6, 6.07) is -1.05. The van der Waals surface area contributed by atoms with E-state index in [9.17, 15) is 14.2 Å². The minimum atomic E-state index is -2.18. The van der Waals surface area contributed by atoms with Gasteiger partial charge in [0.25, 0.3) is 0 Å². The zero-order valence-electron chi connectivity index (χ0n) is 9.06. The fourth-order valence-corrected chi connectivity index (χ4v) is 1.49. The number of carboxylic acids is 1. The third-order valence-corrected chi connectivity index (χ3v) is 2.59. The summed E-state index contributed by atoms with van der Waals surface area (Å²) in [5, 5.41) is 11.0. The lowest BCUT2D eigenvalue weighted by Gasteiger charge is -2.08. The van der Waals surface area contributed by atoms with E-state index in [-0.39, 0.29) is 0 Å². The number of aliphatic carboxylic acids is 1. The molecule has 0 spiro atoms. The molecule has 0 radical (unpaired) electrons. The maximum Gasteiger partial charge on any atom is 0.330 e. The molecule has 1 atom stereocenters. The number of carbonyl (C=O) groups is 2. The SMILES string of the molecule is CC(=O)NC(/C=C/CP(C)(C)=O)C(=O)O. The Balaban J connectivity index is 4.35. The first kappa shape index (κ1) is 13.9. The predicted octanol–water partition coefficient (Wildman–Crippen LogP) is 0.755. The van der Waals surface area contributed by atoms with Crippen molar-refractivity contribution in [3.05, 3.63) is 12.2 Å². The Kier molecular flexibility index (Phi) is 5.29. The van der Waals surface area contributed by atoms with E-state index in [0.717, 1.165) is 0 Å². The van der Waals surface area contributed by atoms with Gasteiger partial charge in [-0.25, -0.2) is 4.79 Å².